The molecule has 0 saturated carbocycles. The molecule has 0 aliphatic carbocycles. The molecule has 0 aromatic rings. The Morgan fingerprint density at radius 2 is 1.46 bits per heavy atom. The number of amides is 3. The molecule has 3 N–H and O–H groups in total. The summed E-state index contributed by atoms with van der Waals surface area (Å²) in [5, 5.41) is 2.62. The predicted molar refractivity (Wildman–Crippen MR) is 99.3 cm³/mol. The molecular weight excluding hydrogens is 334 g/mol. The maximum absolute atomic E-state index is 12.3. The van der Waals surface area contributed by atoms with Crippen molar-refractivity contribution in [3.63, 3.8) is 0 Å². The highest BCUT2D eigenvalue weighted by molar-refractivity contribution is 5.87. The van der Waals surface area contributed by atoms with Gasteiger partial charge >= 0.3 is 0 Å². The standard InChI is InChI=1S/C18H33N5O3/c1-14(2)17(19)18(26)20-12-15(24)23-10-8-21(9-11-23)13-16(25)22-6-4-3-5-7-22/h14,17H,3-13,19H2,1-2H3,(H,20,26)/t17-/m0/s1. The molecule has 1 atom stereocenters. The van der Waals surface area contributed by atoms with E-state index in [1.54, 1.807) is 4.90 Å². The summed E-state index contributed by atoms with van der Waals surface area (Å²) in [6.07, 6.45) is 3.41. The van der Waals surface area contributed by atoms with Crippen molar-refractivity contribution in [1.82, 2.24) is 20.0 Å². The van der Waals surface area contributed by atoms with E-state index in [0.29, 0.717) is 32.7 Å². The zero-order chi connectivity index (χ0) is 19.1. The minimum absolute atomic E-state index is 0.0219. The van der Waals surface area contributed by atoms with E-state index < -0.39 is 6.04 Å². The lowest BCUT2D eigenvalue weighted by Crippen LogP contribution is -2.54. The number of likely N-dealkylation sites (tertiary alicyclic amines) is 1. The zero-order valence-corrected chi connectivity index (χ0v) is 16.1. The Bertz CT molecular complexity index is 497. The van der Waals surface area contributed by atoms with Crippen molar-refractivity contribution in [3.8, 4) is 0 Å². The molecule has 0 radical (unpaired) electrons. The van der Waals surface area contributed by atoms with E-state index in [9.17, 15) is 14.4 Å². The number of hydrogen-bond donors (Lipinski definition) is 2. The van der Waals surface area contributed by atoms with Gasteiger partial charge in [-0.2, -0.15) is 0 Å². The van der Waals surface area contributed by atoms with Gasteiger partial charge in [0.25, 0.3) is 0 Å². The molecule has 8 heteroatoms. The van der Waals surface area contributed by atoms with E-state index in [1.165, 1.54) is 6.42 Å². The number of piperidine rings is 1. The van der Waals surface area contributed by atoms with Crippen molar-refractivity contribution in [1.29, 1.82) is 0 Å². The van der Waals surface area contributed by atoms with Gasteiger partial charge in [-0.1, -0.05) is 13.8 Å². The SMILES string of the molecule is CC(C)[C@H](N)C(=O)NCC(=O)N1CCN(CC(=O)N2CCCCC2)CC1. The average Bonchev–Trinajstić information content (AvgIpc) is 2.66. The molecule has 8 nitrogen and oxygen atoms in total. The second-order valence-corrected chi connectivity index (χ2v) is 7.59. The van der Waals surface area contributed by atoms with Gasteiger partial charge in [0.15, 0.2) is 0 Å². The van der Waals surface area contributed by atoms with E-state index >= 15 is 0 Å². The van der Waals surface area contributed by atoms with Crippen LogP contribution >= 0.6 is 0 Å². The molecule has 2 saturated heterocycles. The third-order valence-corrected chi connectivity index (χ3v) is 5.23. The lowest BCUT2D eigenvalue weighted by Gasteiger charge is -2.36. The normalized spacial score (nSPS) is 20.2. The fraction of sp³-hybridized carbons (Fsp3) is 0.833. The van der Waals surface area contributed by atoms with Crippen LogP contribution in [0, 0.1) is 5.92 Å². The molecular formula is C18H33N5O3. The van der Waals surface area contributed by atoms with E-state index in [2.05, 4.69) is 10.2 Å². The highest BCUT2D eigenvalue weighted by Crippen LogP contribution is 2.10. The van der Waals surface area contributed by atoms with Crippen LogP contribution in [0.1, 0.15) is 33.1 Å². The van der Waals surface area contributed by atoms with Crippen LogP contribution in [-0.4, -0.2) is 90.8 Å². The van der Waals surface area contributed by atoms with Crippen LogP contribution in [0.3, 0.4) is 0 Å². The van der Waals surface area contributed by atoms with Gasteiger partial charge in [-0.05, 0) is 25.2 Å². The minimum Gasteiger partial charge on any atom is -0.346 e. The third-order valence-electron chi connectivity index (χ3n) is 5.23. The maximum atomic E-state index is 12.3. The summed E-state index contributed by atoms with van der Waals surface area (Å²) < 4.78 is 0. The largest absolute Gasteiger partial charge is 0.346 e. The number of carbonyl (C=O) groups is 3. The summed E-state index contributed by atoms with van der Waals surface area (Å²) in [6.45, 7) is 8.43. The molecule has 26 heavy (non-hydrogen) atoms. The van der Waals surface area contributed by atoms with Gasteiger partial charge in [-0.15, -0.1) is 0 Å². The topological polar surface area (TPSA) is 99.0 Å². The summed E-state index contributed by atoms with van der Waals surface area (Å²) >= 11 is 0. The Hall–Kier alpha value is -1.67. The van der Waals surface area contributed by atoms with Gasteiger partial charge in [0.2, 0.25) is 17.7 Å². The molecule has 2 rings (SSSR count). The molecule has 148 valence electrons. The molecule has 2 fully saturated rings. The average molecular weight is 367 g/mol. The number of rotatable bonds is 6. The summed E-state index contributed by atoms with van der Waals surface area (Å²) in [4.78, 5) is 42.2. The van der Waals surface area contributed by atoms with Crippen LogP contribution in [0.4, 0.5) is 0 Å². The first-order chi connectivity index (χ1) is 12.4. The van der Waals surface area contributed by atoms with Crippen molar-refractivity contribution in [2.24, 2.45) is 11.7 Å². The summed E-state index contributed by atoms with van der Waals surface area (Å²) in [7, 11) is 0. The van der Waals surface area contributed by atoms with E-state index in [4.69, 9.17) is 5.73 Å². The number of nitrogens with one attached hydrogen (secondary N) is 1. The molecule has 2 aliphatic heterocycles. The van der Waals surface area contributed by atoms with Gasteiger partial charge in [-0.3, -0.25) is 19.3 Å². The van der Waals surface area contributed by atoms with Crippen molar-refractivity contribution in [2.45, 2.75) is 39.2 Å². The van der Waals surface area contributed by atoms with Crippen LogP contribution in [0.2, 0.25) is 0 Å². The predicted octanol–water partition coefficient (Wildman–Crippen LogP) is -0.757. The number of piperazine rings is 1. The lowest BCUT2D eigenvalue weighted by molar-refractivity contribution is -0.136. The second kappa shape index (κ2) is 9.87. The van der Waals surface area contributed by atoms with Crippen LogP contribution < -0.4 is 11.1 Å². The number of nitrogens with zero attached hydrogens (tertiary/aromatic N) is 3. The van der Waals surface area contributed by atoms with Gasteiger partial charge in [0.05, 0.1) is 19.1 Å². The Morgan fingerprint density at radius 1 is 0.885 bits per heavy atom. The minimum atomic E-state index is -0.597. The van der Waals surface area contributed by atoms with Crippen LogP contribution in [0.5, 0.6) is 0 Å². The van der Waals surface area contributed by atoms with Crippen LogP contribution in [0.15, 0.2) is 0 Å². The smallest absolute Gasteiger partial charge is 0.242 e. The van der Waals surface area contributed by atoms with Crippen molar-refractivity contribution < 1.29 is 14.4 Å². The molecule has 2 heterocycles. The van der Waals surface area contributed by atoms with Crippen LogP contribution in [-0.2, 0) is 14.4 Å². The highest BCUT2D eigenvalue weighted by Gasteiger charge is 2.25. The molecule has 0 aromatic carbocycles. The lowest BCUT2D eigenvalue weighted by atomic mass is 10.1. The second-order valence-electron chi connectivity index (χ2n) is 7.59. The monoisotopic (exact) mass is 367 g/mol. The van der Waals surface area contributed by atoms with Crippen LogP contribution in [0.25, 0.3) is 0 Å². The first kappa shape index (κ1) is 20.6. The molecule has 0 bridgehead atoms. The fourth-order valence-electron chi connectivity index (χ4n) is 3.29. The number of nitrogens with two attached hydrogens (primary N) is 1. The van der Waals surface area contributed by atoms with Gasteiger partial charge in [-0.25, -0.2) is 0 Å². The summed E-state index contributed by atoms with van der Waals surface area (Å²) in [5.41, 5.74) is 5.77. The Morgan fingerprint density at radius 3 is 2.04 bits per heavy atom. The highest BCUT2D eigenvalue weighted by atomic mass is 16.2. The van der Waals surface area contributed by atoms with E-state index in [-0.39, 0.29) is 30.2 Å². The van der Waals surface area contributed by atoms with Crippen molar-refractivity contribution in [3.05, 3.63) is 0 Å². The molecule has 3 amide bonds. The molecule has 0 spiro atoms. The fourth-order valence-corrected chi connectivity index (χ4v) is 3.29. The molecule has 0 unspecified atom stereocenters. The number of carbonyl (C=O) groups excluding carboxylic acids is 3. The van der Waals surface area contributed by atoms with E-state index in [0.717, 1.165) is 25.9 Å². The first-order valence-electron chi connectivity index (χ1n) is 9.69. The Kier molecular flexibility index (Phi) is 7.84. The molecule has 0 aromatic heterocycles. The zero-order valence-electron chi connectivity index (χ0n) is 16.1. The summed E-state index contributed by atoms with van der Waals surface area (Å²) in [6, 6.07) is -0.597. The van der Waals surface area contributed by atoms with Gasteiger partial charge in [0.1, 0.15) is 0 Å². The maximum Gasteiger partial charge on any atom is 0.242 e. The van der Waals surface area contributed by atoms with E-state index in [1.807, 2.05) is 18.7 Å². The first-order valence-corrected chi connectivity index (χ1v) is 9.69. The third kappa shape index (κ3) is 5.95. The Balaban J connectivity index is 1.68. The van der Waals surface area contributed by atoms with Crippen molar-refractivity contribution in [2.75, 3.05) is 52.4 Å². The van der Waals surface area contributed by atoms with Crippen molar-refractivity contribution >= 4 is 17.7 Å². The summed E-state index contributed by atoms with van der Waals surface area (Å²) in [5.74, 6) is -0.166. The Labute approximate surface area is 156 Å². The molecule has 2 aliphatic rings. The quantitative estimate of drug-likeness (QED) is 0.643. The van der Waals surface area contributed by atoms with Gasteiger partial charge < -0.3 is 20.9 Å². The number of hydrogen-bond acceptors (Lipinski definition) is 5. The van der Waals surface area contributed by atoms with Gasteiger partial charge in [0, 0.05) is 39.3 Å².